The molecule has 1 rings (SSSR count). The third-order valence-electron chi connectivity index (χ3n) is 2.56. The Morgan fingerprint density at radius 1 is 1.31 bits per heavy atom. The predicted octanol–water partition coefficient (Wildman–Crippen LogP) is 3.36. The molecule has 0 fully saturated rings. The summed E-state index contributed by atoms with van der Waals surface area (Å²) in [6.07, 6.45) is 10.5. The number of unbranched alkanes of at least 4 members (excludes halogenated alkanes) is 2. The van der Waals surface area contributed by atoms with Crippen molar-refractivity contribution in [3.05, 3.63) is 11.9 Å². The Hall–Kier alpha value is -0.510. The Kier molecular flexibility index (Phi) is 6.53. The van der Waals surface area contributed by atoms with Gasteiger partial charge in [-0.1, -0.05) is 38.3 Å². The van der Waals surface area contributed by atoms with Gasteiger partial charge in [0, 0.05) is 6.20 Å². The first-order valence-electron chi connectivity index (χ1n) is 6.10. The summed E-state index contributed by atoms with van der Waals surface area (Å²) in [5.74, 6) is 1.74. The summed E-state index contributed by atoms with van der Waals surface area (Å²) in [4.78, 5) is 0. The van der Waals surface area contributed by atoms with Crippen molar-refractivity contribution in [2.75, 3.05) is 6.26 Å². The van der Waals surface area contributed by atoms with E-state index in [2.05, 4.69) is 36.6 Å². The summed E-state index contributed by atoms with van der Waals surface area (Å²) in [5.41, 5.74) is 1.14. The first-order valence-corrected chi connectivity index (χ1v) is 7.49. The topological polar surface area (TPSA) is 30.7 Å². The molecule has 1 heterocycles. The van der Waals surface area contributed by atoms with Crippen LogP contribution < -0.4 is 0 Å². The highest BCUT2D eigenvalue weighted by atomic mass is 32.2. The van der Waals surface area contributed by atoms with Gasteiger partial charge in [0.1, 0.15) is 0 Å². The Labute approximate surface area is 103 Å². The van der Waals surface area contributed by atoms with E-state index in [9.17, 15) is 0 Å². The maximum Gasteiger partial charge on any atom is 0.0878 e. The van der Waals surface area contributed by atoms with Gasteiger partial charge in [0.2, 0.25) is 0 Å². The van der Waals surface area contributed by atoms with E-state index in [-0.39, 0.29) is 0 Å². The zero-order valence-corrected chi connectivity index (χ0v) is 11.5. The lowest BCUT2D eigenvalue weighted by Crippen LogP contribution is -1.93. The monoisotopic (exact) mass is 241 g/mol. The fraction of sp³-hybridized carbons (Fsp3) is 0.833. The molecule has 0 radical (unpaired) electrons. The van der Waals surface area contributed by atoms with Crippen LogP contribution in [-0.2, 0) is 12.3 Å². The molecule has 4 heteroatoms. The molecule has 0 saturated heterocycles. The van der Waals surface area contributed by atoms with Crippen molar-refractivity contribution < 1.29 is 0 Å². The van der Waals surface area contributed by atoms with Crippen molar-refractivity contribution in [3.63, 3.8) is 0 Å². The molecular formula is C12H23N3S. The molecule has 1 aromatic heterocycles. The van der Waals surface area contributed by atoms with E-state index in [1.807, 2.05) is 4.68 Å². The summed E-state index contributed by atoms with van der Waals surface area (Å²) in [5, 5.41) is 8.25. The van der Waals surface area contributed by atoms with Crippen molar-refractivity contribution in [2.45, 2.75) is 51.8 Å². The molecule has 0 unspecified atom stereocenters. The number of aryl methyl sites for hydroxylation is 1. The SMILES string of the molecule is CSCn1cc(CCCCCC(C)C)nn1. The van der Waals surface area contributed by atoms with Gasteiger partial charge >= 0.3 is 0 Å². The van der Waals surface area contributed by atoms with Crippen LogP contribution >= 0.6 is 11.8 Å². The fourth-order valence-corrected chi connectivity index (χ4v) is 2.07. The molecule has 1 aromatic rings. The number of aromatic nitrogens is 3. The second-order valence-electron chi connectivity index (χ2n) is 4.66. The summed E-state index contributed by atoms with van der Waals surface area (Å²) in [6.45, 7) is 4.57. The molecule has 0 aliphatic carbocycles. The summed E-state index contributed by atoms with van der Waals surface area (Å²) in [6, 6.07) is 0. The van der Waals surface area contributed by atoms with Crippen molar-refractivity contribution in [1.82, 2.24) is 15.0 Å². The molecule has 16 heavy (non-hydrogen) atoms. The van der Waals surface area contributed by atoms with E-state index >= 15 is 0 Å². The van der Waals surface area contributed by atoms with Crippen LogP contribution in [0, 0.1) is 5.92 Å². The number of thioether (sulfide) groups is 1. The van der Waals surface area contributed by atoms with E-state index in [0.717, 1.165) is 23.9 Å². The largest absolute Gasteiger partial charge is 0.242 e. The Balaban J connectivity index is 2.12. The van der Waals surface area contributed by atoms with Crippen LogP contribution in [0.2, 0.25) is 0 Å². The van der Waals surface area contributed by atoms with Gasteiger partial charge in [-0.05, 0) is 25.0 Å². The number of rotatable bonds is 8. The van der Waals surface area contributed by atoms with E-state index < -0.39 is 0 Å². The Morgan fingerprint density at radius 3 is 2.81 bits per heavy atom. The van der Waals surface area contributed by atoms with Gasteiger partial charge in [0.05, 0.1) is 11.6 Å². The Bertz CT molecular complexity index is 284. The quantitative estimate of drug-likeness (QED) is 0.654. The van der Waals surface area contributed by atoms with E-state index in [1.54, 1.807) is 11.8 Å². The van der Waals surface area contributed by atoms with Gasteiger partial charge in [-0.25, -0.2) is 4.68 Å². The molecule has 0 bridgehead atoms. The smallest absolute Gasteiger partial charge is 0.0878 e. The molecular weight excluding hydrogens is 218 g/mol. The maximum absolute atomic E-state index is 4.17. The minimum Gasteiger partial charge on any atom is -0.242 e. The van der Waals surface area contributed by atoms with Crippen molar-refractivity contribution in [3.8, 4) is 0 Å². The fourth-order valence-electron chi connectivity index (χ4n) is 1.68. The zero-order valence-electron chi connectivity index (χ0n) is 10.6. The van der Waals surface area contributed by atoms with Crippen LogP contribution in [0.25, 0.3) is 0 Å². The molecule has 0 amide bonds. The lowest BCUT2D eigenvalue weighted by molar-refractivity contribution is 0.526. The highest BCUT2D eigenvalue weighted by Gasteiger charge is 2.00. The minimum atomic E-state index is 0.836. The predicted molar refractivity (Wildman–Crippen MR) is 70.5 cm³/mol. The van der Waals surface area contributed by atoms with E-state index in [1.165, 1.54) is 25.7 Å². The second kappa shape index (κ2) is 7.71. The standard InChI is InChI=1S/C12H23N3S/c1-11(2)7-5-4-6-8-12-9-15(10-16-3)14-13-12/h9,11H,4-8,10H2,1-3H3. The van der Waals surface area contributed by atoms with Crippen LogP contribution in [0.5, 0.6) is 0 Å². The second-order valence-corrected chi connectivity index (χ2v) is 5.50. The minimum absolute atomic E-state index is 0.836. The highest BCUT2D eigenvalue weighted by molar-refractivity contribution is 7.97. The molecule has 0 N–H and O–H groups in total. The van der Waals surface area contributed by atoms with Crippen LogP contribution in [0.3, 0.4) is 0 Å². The molecule has 92 valence electrons. The maximum atomic E-state index is 4.17. The van der Waals surface area contributed by atoms with Crippen LogP contribution in [0.1, 0.15) is 45.2 Å². The summed E-state index contributed by atoms with van der Waals surface area (Å²) < 4.78 is 1.91. The number of hydrogen-bond acceptors (Lipinski definition) is 3. The van der Waals surface area contributed by atoms with Crippen molar-refractivity contribution in [2.24, 2.45) is 5.92 Å². The molecule has 3 nitrogen and oxygen atoms in total. The average molecular weight is 241 g/mol. The van der Waals surface area contributed by atoms with Gasteiger partial charge < -0.3 is 0 Å². The van der Waals surface area contributed by atoms with Crippen LogP contribution in [0.15, 0.2) is 6.20 Å². The highest BCUT2D eigenvalue weighted by Crippen LogP contribution is 2.10. The first-order chi connectivity index (χ1) is 7.72. The molecule has 0 saturated carbocycles. The van der Waals surface area contributed by atoms with E-state index in [0.29, 0.717) is 0 Å². The first kappa shape index (κ1) is 13.6. The molecule has 0 aliphatic rings. The van der Waals surface area contributed by atoms with Crippen LogP contribution in [0.4, 0.5) is 0 Å². The molecule has 0 atom stereocenters. The average Bonchev–Trinajstić information content (AvgIpc) is 2.65. The van der Waals surface area contributed by atoms with E-state index in [4.69, 9.17) is 0 Å². The lowest BCUT2D eigenvalue weighted by atomic mass is 10.0. The van der Waals surface area contributed by atoms with Gasteiger partial charge in [-0.3, -0.25) is 0 Å². The van der Waals surface area contributed by atoms with Crippen molar-refractivity contribution in [1.29, 1.82) is 0 Å². The molecule has 0 aliphatic heterocycles. The Morgan fingerprint density at radius 2 is 2.12 bits per heavy atom. The zero-order chi connectivity index (χ0) is 11.8. The number of hydrogen-bond donors (Lipinski definition) is 0. The summed E-state index contributed by atoms with van der Waals surface area (Å²) >= 11 is 1.76. The third-order valence-corrected chi connectivity index (χ3v) is 3.08. The van der Waals surface area contributed by atoms with Gasteiger partial charge in [-0.2, -0.15) is 0 Å². The third kappa shape index (κ3) is 5.54. The van der Waals surface area contributed by atoms with Crippen molar-refractivity contribution >= 4 is 11.8 Å². The normalized spacial score (nSPS) is 11.2. The summed E-state index contributed by atoms with van der Waals surface area (Å²) in [7, 11) is 0. The molecule has 0 spiro atoms. The lowest BCUT2D eigenvalue weighted by Gasteiger charge is -2.02. The number of nitrogens with zero attached hydrogens (tertiary/aromatic N) is 3. The molecule has 0 aromatic carbocycles. The van der Waals surface area contributed by atoms with Gasteiger partial charge in [0.15, 0.2) is 0 Å². The van der Waals surface area contributed by atoms with Gasteiger partial charge in [-0.15, -0.1) is 16.9 Å². The van der Waals surface area contributed by atoms with Crippen LogP contribution in [-0.4, -0.2) is 21.2 Å². The van der Waals surface area contributed by atoms with Gasteiger partial charge in [0.25, 0.3) is 0 Å².